The van der Waals surface area contributed by atoms with E-state index in [-0.39, 0.29) is 23.7 Å². The molecule has 0 radical (unpaired) electrons. The van der Waals surface area contributed by atoms with Gasteiger partial charge in [-0.1, -0.05) is 52.4 Å². The van der Waals surface area contributed by atoms with Gasteiger partial charge >= 0.3 is 0 Å². The summed E-state index contributed by atoms with van der Waals surface area (Å²) in [5.74, 6) is -0.00404. The first kappa shape index (κ1) is 23.4. The highest BCUT2D eigenvalue weighted by Crippen LogP contribution is 2.35. The van der Waals surface area contributed by atoms with Crippen molar-refractivity contribution in [1.82, 2.24) is 4.57 Å². The van der Waals surface area contributed by atoms with Gasteiger partial charge in [-0.2, -0.15) is 0 Å². The Kier molecular flexibility index (Phi) is 9.31. The Balaban J connectivity index is 2.54. The number of fused-ring (bicyclic) bond motifs is 1. The summed E-state index contributed by atoms with van der Waals surface area (Å²) in [6, 6.07) is 4.29. The maximum absolute atomic E-state index is 13.1. The highest BCUT2D eigenvalue weighted by Gasteiger charge is 2.21. The summed E-state index contributed by atoms with van der Waals surface area (Å²) in [5.41, 5.74) is -0.218. The molecule has 0 bridgehead atoms. The predicted molar refractivity (Wildman–Crippen MR) is 115 cm³/mol. The summed E-state index contributed by atoms with van der Waals surface area (Å²) in [4.78, 5) is 35.0. The number of aryl methyl sites for hydroxylation is 1. The summed E-state index contributed by atoms with van der Waals surface area (Å²) in [5, 5.41) is 11.8. The van der Waals surface area contributed by atoms with Crippen LogP contribution in [0, 0.1) is 10.1 Å². The topological polar surface area (TPSA) is 101 Å². The van der Waals surface area contributed by atoms with Gasteiger partial charge in [-0.25, -0.2) is 0 Å². The van der Waals surface area contributed by atoms with E-state index < -0.39 is 10.5 Å². The average molecular weight is 418 g/mol. The third-order valence-electron chi connectivity index (χ3n) is 5.02. The van der Waals surface area contributed by atoms with Gasteiger partial charge in [-0.15, -0.1) is 0 Å². The second kappa shape index (κ2) is 11.9. The van der Waals surface area contributed by atoms with Crippen molar-refractivity contribution in [3.8, 4) is 11.5 Å². The zero-order chi connectivity index (χ0) is 21.9. The van der Waals surface area contributed by atoms with Gasteiger partial charge in [0.05, 0.1) is 17.0 Å². The molecule has 0 aliphatic heterocycles. The molecule has 0 atom stereocenters. The number of benzene rings is 1. The fraction of sp³-hybridized carbons (Fsp3) is 0.545. The van der Waals surface area contributed by atoms with Crippen LogP contribution < -0.4 is 15.0 Å². The van der Waals surface area contributed by atoms with E-state index in [2.05, 4.69) is 13.8 Å². The molecule has 0 aliphatic rings. The number of ether oxygens (including phenoxy) is 2. The lowest BCUT2D eigenvalue weighted by atomic mass is 10.1. The lowest BCUT2D eigenvalue weighted by Crippen LogP contribution is -2.24. The molecule has 0 N–H and O–H groups in total. The number of nitro benzene ring substituents is 1. The van der Waals surface area contributed by atoms with Crippen LogP contribution in [-0.2, 0) is 11.3 Å². The van der Waals surface area contributed by atoms with Crippen LogP contribution in [0.15, 0.2) is 23.0 Å². The van der Waals surface area contributed by atoms with Crippen molar-refractivity contribution in [1.29, 1.82) is 0 Å². The molecule has 0 aliphatic carbocycles. The number of rotatable bonds is 14. The van der Waals surface area contributed by atoms with Crippen molar-refractivity contribution in [2.75, 3.05) is 6.61 Å². The van der Waals surface area contributed by atoms with Crippen molar-refractivity contribution in [2.45, 2.75) is 71.8 Å². The molecule has 8 heteroatoms. The number of hydrogen-bond acceptors (Lipinski definition) is 6. The minimum absolute atomic E-state index is 0.109. The molecule has 1 aromatic carbocycles. The minimum atomic E-state index is -0.518. The van der Waals surface area contributed by atoms with E-state index >= 15 is 0 Å². The fourth-order valence-electron chi connectivity index (χ4n) is 3.42. The maximum atomic E-state index is 13.1. The summed E-state index contributed by atoms with van der Waals surface area (Å²) in [7, 11) is 0. The number of carbonyl (C=O) groups is 1. The third kappa shape index (κ3) is 5.81. The highest BCUT2D eigenvalue weighted by atomic mass is 16.6. The molecular weight excluding hydrogens is 388 g/mol. The Morgan fingerprint density at radius 2 is 1.73 bits per heavy atom. The third-order valence-corrected chi connectivity index (χ3v) is 5.02. The van der Waals surface area contributed by atoms with Crippen LogP contribution >= 0.6 is 0 Å². The standard InChI is InChI=1S/C22H30N2O6/c1-3-5-7-9-13-23-19-15-17(24(27)28)11-12-18(19)20(21(22(23)26)30-16-25)29-14-10-8-6-4-2/h11-12,15-16H,3-10,13-14H2,1-2H3. The van der Waals surface area contributed by atoms with Crippen LogP contribution in [0.1, 0.15) is 65.2 Å². The van der Waals surface area contributed by atoms with Gasteiger partial charge in [-0.3, -0.25) is 19.7 Å². The van der Waals surface area contributed by atoms with E-state index in [1.807, 2.05) is 0 Å². The zero-order valence-electron chi connectivity index (χ0n) is 17.7. The quantitative estimate of drug-likeness (QED) is 0.185. The Bertz CT molecular complexity index is 922. The zero-order valence-corrected chi connectivity index (χ0v) is 17.7. The van der Waals surface area contributed by atoms with Gasteiger partial charge < -0.3 is 14.0 Å². The Hall–Kier alpha value is -2.90. The van der Waals surface area contributed by atoms with E-state index in [9.17, 15) is 19.7 Å². The molecule has 1 aromatic heterocycles. The molecule has 0 amide bonds. The van der Waals surface area contributed by atoms with Crippen molar-refractivity contribution >= 4 is 23.1 Å². The molecule has 164 valence electrons. The summed E-state index contributed by atoms with van der Waals surface area (Å²) in [6.45, 7) is 5.15. The van der Waals surface area contributed by atoms with E-state index in [0.717, 1.165) is 51.4 Å². The van der Waals surface area contributed by atoms with Crippen molar-refractivity contribution in [3.63, 3.8) is 0 Å². The summed E-state index contributed by atoms with van der Waals surface area (Å²) in [6.07, 6.45) is 7.69. The number of pyridine rings is 1. The predicted octanol–water partition coefficient (Wildman–Crippen LogP) is 4.98. The number of nitrogens with zero attached hydrogens (tertiary/aromatic N) is 2. The van der Waals surface area contributed by atoms with Gasteiger partial charge in [-0.05, 0) is 18.9 Å². The molecule has 1 heterocycles. The molecule has 0 unspecified atom stereocenters. The fourth-order valence-corrected chi connectivity index (χ4v) is 3.42. The molecular formula is C22H30N2O6. The van der Waals surface area contributed by atoms with E-state index in [0.29, 0.717) is 24.1 Å². The minimum Gasteiger partial charge on any atom is -0.489 e. The molecule has 2 rings (SSSR count). The summed E-state index contributed by atoms with van der Waals surface area (Å²) < 4.78 is 12.3. The molecule has 8 nitrogen and oxygen atoms in total. The Morgan fingerprint density at radius 3 is 2.37 bits per heavy atom. The molecule has 0 spiro atoms. The highest BCUT2D eigenvalue weighted by molar-refractivity contribution is 5.90. The van der Waals surface area contributed by atoms with Gasteiger partial charge in [0.15, 0.2) is 5.75 Å². The van der Waals surface area contributed by atoms with Crippen molar-refractivity contribution in [3.05, 3.63) is 38.7 Å². The van der Waals surface area contributed by atoms with Crippen LogP contribution in [-0.4, -0.2) is 22.6 Å². The van der Waals surface area contributed by atoms with Gasteiger partial charge in [0.25, 0.3) is 17.7 Å². The first-order chi connectivity index (χ1) is 14.5. The van der Waals surface area contributed by atoms with E-state index in [1.54, 1.807) is 6.07 Å². The van der Waals surface area contributed by atoms with Gasteiger partial charge in [0, 0.05) is 24.1 Å². The van der Waals surface area contributed by atoms with Crippen molar-refractivity contribution in [2.24, 2.45) is 0 Å². The Labute approximate surface area is 175 Å². The van der Waals surface area contributed by atoms with Crippen LogP contribution in [0.25, 0.3) is 10.9 Å². The summed E-state index contributed by atoms with van der Waals surface area (Å²) >= 11 is 0. The first-order valence-corrected chi connectivity index (χ1v) is 10.6. The largest absolute Gasteiger partial charge is 0.489 e. The lowest BCUT2D eigenvalue weighted by Gasteiger charge is -2.17. The molecule has 30 heavy (non-hydrogen) atoms. The number of carbonyl (C=O) groups excluding carboxylic acids is 1. The monoisotopic (exact) mass is 418 g/mol. The molecule has 2 aromatic rings. The average Bonchev–Trinajstić information content (AvgIpc) is 2.74. The first-order valence-electron chi connectivity index (χ1n) is 10.6. The Morgan fingerprint density at radius 1 is 1.03 bits per heavy atom. The molecule has 0 fully saturated rings. The van der Waals surface area contributed by atoms with Crippen LogP contribution in [0.4, 0.5) is 5.69 Å². The molecule has 0 saturated carbocycles. The SMILES string of the molecule is CCCCCCOc1c(OC=O)c(=O)n(CCCCCC)c2cc([N+](=O)[O-])ccc12. The maximum Gasteiger partial charge on any atom is 0.298 e. The number of non-ortho nitro benzene ring substituents is 1. The van der Waals surface area contributed by atoms with Gasteiger partial charge in [0.2, 0.25) is 5.75 Å². The molecule has 0 saturated heterocycles. The van der Waals surface area contributed by atoms with Gasteiger partial charge in [0.1, 0.15) is 0 Å². The number of unbranched alkanes of at least 4 members (excludes halogenated alkanes) is 6. The van der Waals surface area contributed by atoms with Crippen LogP contribution in [0.5, 0.6) is 11.5 Å². The van der Waals surface area contributed by atoms with Crippen LogP contribution in [0.3, 0.4) is 0 Å². The van der Waals surface area contributed by atoms with E-state index in [1.165, 1.54) is 16.7 Å². The van der Waals surface area contributed by atoms with Crippen molar-refractivity contribution < 1.29 is 19.2 Å². The van der Waals surface area contributed by atoms with E-state index in [4.69, 9.17) is 9.47 Å². The van der Waals surface area contributed by atoms with Crippen LogP contribution in [0.2, 0.25) is 0 Å². The smallest absolute Gasteiger partial charge is 0.298 e. The number of hydrogen-bond donors (Lipinski definition) is 0. The second-order valence-electron chi connectivity index (χ2n) is 7.26. The lowest BCUT2D eigenvalue weighted by molar-refractivity contribution is -0.384. The normalized spacial score (nSPS) is 10.9. The second-order valence-corrected chi connectivity index (χ2v) is 7.26. The number of aromatic nitrogens is 1. The number of nitro groups is 1.